The smallest absolute Gasteiger partial charge is 0.253 e. The van der Waals surface area contributed by atoms with Crippen LogP contribution in [0.15, 0.2) is 48.5 Å². The summed E-state index contributed by atoms with van der Waals surface area (Å²) in [5.41, 5.74) is 2.16. The highest BCUT2D eigenvalue weighted by atomic mass is 35.5. The average molecular weight is 371 g/mol. The largest absolute Gasteiger partial charge is 0.339 e. The second-order valence-corrected chi connectivity index (χ2v) is 7.08. The van der Waals surface area contributed by atoms with Crippen molar-refractivity contribution in [1.29, 1.82) is 0 Å². The minimum atomic E-state index is -0.119. The van der Waals surface area contributed by atoms with Gasteiger partial charge in [-0.05, 0) is 48.7 Å². The average Bonchev–Trinajstić information content (AvgIpc) is 2.92. The van der Waals surface area contributed by atoms with Gasteiger partial charge in [0, 0.05) is 29.4 Å². The molecule has 0 radical (unpaired) electrons. The number of carbonyl (C=O) groups excluding carboxylic acids is 2. The molecule has 0 bridgehead atoms. The molecule has 1 N–H and O–H groups in total. The third-order valence-corrected chi connectivity index (χ3v) is 4.82. The van der Waals surface area contributed by atoms with Gasteiger partial charge in [-0.25, -0.2) is 0 Å². The van der Waals surface area contributed by atoms with Crippen LogP contribution in [0.5, 0.6) is 0 Å². The summed E-state index contributed by atoms with van der Waals surface area (Å²) < 4.78 is 0. The Morgan fingerprint density at radius 3 is 2.35 bits per heavy atom. The molecule has 1 fully saturated rings. The molecule has 2 aromatic carbocycles. The Balaban J connectivity index is 1.63. The van der Waals surface area contributed by atoms with E-state index in [4.69, 9.17) is 11.6 Å². The van der Waals surface area contributed by atoms with Crippen LogP contribution in [0.3, 0.4) is 0 Å². The van der Waals surface area contributed by atoms with Gasteiger partial charge >= 0.3 is 0 Å². The van der Waals surface area contributed by atoms with Crippen molar-refractivity contribution >= 4 is 29.1 Å². The normalized spacial score (nSPS) is 14.6. The van der Waals surface area contributed by atoms with E-state index in [-0.39, 0.29) is 18.2 Å². The number of anilines is 1. The third-order valence-electron chi connectivity index (χ3n) is 4.56. The fourth-order valence-corrected chi connectivity index (χ4v) is 3.31. The van der Waals surface area contributed by atoms with E-state index in [1.165, 1.54) is 12.8 Å². The van der Waals surface area contributed by atoms with E-state index in [2.05, 4.69) is 5.32 Å². The highest BCUT2D eigenvalue weighted by Crippen LogP contribution is 2.17. The molecule has 1 saturated heterocycles. The molecule has 26 heavy (non-hydrogen) atoms. The molecule has 2 aromatic rings. The predicted octanol–water partition coefficient (Wildman–Crippen LogP) is 4.54. The van der Waals surface area contributed by atoms with E-state index >= 15 is 0 Å². The summed E-state index contributed by atoms with van der Waals surface area (Å²) in [4.78, 5) is 26.9. The number of halogens is 1. The molecule has 4 nitrogen and oxygen atoms in total. The molecule has 0 aliphatic carbocycles. The summed E-state index contributed by atoms with van der Waals surface area (Å²) in [5.74, 6) is -0.0765. The molecule has 136 valence electrons. The highest BCUT2D eigenvalue weighted by molar-refractivity contribution is 6.30. The fraction of sp³-hybridized carbons (Fsp3) is 0.333. The first-order valence-corrected chi connectivity index (χ1v) is 9.43. The van der Waals surface area contributed by atoms with Crippen LogP contribution in [0.1, 0.15) is 41.6 Å². The molecular weight excluding hydrogens is 348 g/mol. The van der Waals surface area contributed by atoms with Gasteiger partial charge in [0.2, 0.25) is 5.91 Å². The topological polar surface area (TPSA) is 49.4 Å². The lowest BCUT2D eigenvalue weighted by molar-refractivity contribution is -0.115. The molecule has 0 aromatic heterocycles. The lowest BCUT2D eigenvalue weighted by Crippen LogP contribution is -2.31. The molecule has 0 unspecified atom stereocenters. The summed E-state index contributed by atoms with van der Waals surface area (Å²) >= 11 is 5.86. The first kappa shape index (κ1) is 18.5. The molecule has 2 amide bonds. The van der Waals surface area contributed by atoms with Gasteiger partial charge in [-0.3, -0.25) is 9.59 Å². The molecule has 1 aliphatic heterocycles. The number of nitrogens with zero attached hydrogens (tertiary/aromatic N) is 1. The van der Waals surface area contributed by atoms with Crippen LogP contribution >= 0.6 is 11.6 Å². The minimum absolute atomic E-state index is 0.0423. The van der Waals surface area contributed by atoms with Crippen LogP contribution in [-0.2, 0) is 11.2 Å². The van der Waals surface area contributed by atoms with Crippen molar-refractivity contribution in [2.24, 2.45) is 0 Å². The molecule has 0 saturated carbocycles. The Bertz CT molecular complexity index is 766. The van der Waals surface area contributed by atoms with Crippen LogP contribution in [-0.4, -0.2) is 29.8 Å². The van der Waals surface area contributed by atoms with Crippen LogP contribution in [0.2, 0.25) is 5.02 Å². The number of carbonyl (C=O) groups is 2. The van der Waals surface area contributed by atoms with Crippen molar-refractivity contribution in [3.63, 3.8) is 0 Å². The minimum Gasteiger partial charge on any atom is -0.339 e. The van der Waals surface area contributed by atoms with Gasteiger partial charge in [0.25, 0.3) is 5.91 Å². The van der Waals surface area contributed by atoms with E-state index in [1.54, 1.807) is 24.3 Å². The van der Waals surface area contributed by atoms with Crippen molar-refractivity contribution in [3.05, 3.63) is 64.7 Å². The Morgan fingerprint density at radius 2 is 1.65 bits per heavy atom. The zero-order chi connectivity index (χ0) is 18.4. The maximum absolute atomic E-state index is 12.7. The Labute approximate surface area is 159 Å². The van der Waals surface area contributed by atoms with E-state index in [0.717, 1.165) is 31.5 Å². The number of likely N-dealkylation sites (tertiary alicyclic amines) is 1. The molecule has 1 heterocycles. The standard InChI is InChI=1S/C21H23ClN2O2/c22-18-10-8-16(9-11-18)14-20(25)23-19-7-5-6-17(15-19)21(26)24-12-3-1-2-4-13-24/h5-11,15H,1-4,12-14H2,(H,23,25). The van der Waals surface area contributed by atoms with E-state index in [0.29, 0.717) is 16.3 Å². The summed E-state index contributed by atoms with van der Waals surface area (Å²) in [5, 5.41) is 3.52. The van der Waals surface area contributed by atoms with Crippen molar-refractivity contribution in [3.8, 4) is 0 Å². The van der Waals surface area contributed by atoms with Crippen molar-refractivity contribution in [2.75, 3.05) is 18.4 Å². The molecule has 1 aliphatic rings. The third kappa shape index (κ3) is 5.09. The van der Waals surface area contributed by atoms with Crippen LogP contribution < -0.4 is 5.32 Å². The van der Waals surface area contributed by atoms with Gasteiger partial charge < -0.3 is 10.2 Å². The molecular formula is C21H23ClN2O2. The van der Waals surface area contributed by atoms with Gasteiger partial charge in [0.1, 0.15) is 0 Å². The second kappa shape index (κ2) is 8.86. The molecule has 0 atom stereocenters. The van der Waals surface area contributed by atoms with Crippen LogP contribution in [0.4, 0.5) is 5.69 Å². The van der Waals surface area contributed by atoms with Gasteiger partial charge in [-0.2, -0.15) is 0 Å². The quantitative estimate of drug-likeness (QED) is 0.859. The number of benzene rings is 2. The predicted molar refractivity (Wildman–Crippen MR) is 105 cm³/mol. The Kier molecular flexibility index (Phi) is 6.29. The molecule has 3 rings (SSSR count). The molecule has 0 spiro atoms. The maximum atomic E-state index is 12.7. The summed E-state index contributed by atoms with van der Waals surface area (Å²) in [7, 11) is 0. The zero-order valence-electron chi connectivity index (χ0n) is 14.7. The summed E-state index contributed by atoms with van der Waals surface area (Å²) in [6.45, 7) is 1.62. The van der Waals surface area contributed by atoms with Crippen molar-refractivity contribution in [1.82, 2.24) is 4.90 Å². The first-order chi connectivity index (χ1) is 12.6. The number of nitrogens with one attached hydrogen (secondary N) is 1. The van der Waals surface area contributed by atoms with E-state index in [1.807, 2.05) is 29.2 Å². The van der Waals surface area contributed by atoms with Gasteiger partial charge in [0.05, 0.1) is 6.42 Å². The van der Waals surface area contributed by atoms with Gasteiger partial charge in [-0.1, -0.05) is 42.6 Å². The lowest BCUT2D eigenvalue weighted by atomic mass is 10.1. The van der Waals surface area contributed by atoms with E-state index < -0.39 is 0 Å². The highest BCUT2D eigenvalue weighted by Gasteiger charge is 2.17. The summed E-state index contributed by atoms with van der Waals surface area (Å²) in [6.07, 6.45) is 4.75. The number of hydrogen-bond acceptors (Lipinski definition) is 2. The monoisotopic (exact) mass is 370 g/mol. The molecule has 5 heteroatoms. The van der Waals surface area contributed by atoms with Crippen LogP contribution in [0, 0.1) is 0 Å². The van der Waals surface area contributed by atoms with Gasteiger partial charge in [0.15, 0.2) is 0 Å². The van der Waals surface area contributed by atoms with Crippen LogP contribution in [0.25, 0.3) is 0 Å². The zero-order valence-corrected chi connectivity index (χ0v) is 15.5. The summed E-state index contributed by atoms with van der Waals surface area (Å²) in [6, 6.07) is 14.4. The first-order valence-electron chi connectivity index (χ1n) is 9.05. The lowest BCUT2D eigenvalue weighted by Gasteiger charge is -2.20. The maximum Gasteiger partial charge on any atom is 0.253 e. The SMILES string of the molecule is O=C(Cc1ccc(Cl)cc1)Nc1cccc(C(=O)N2CCCCCC2)c1. The van der Waals surface area contributed by atoms with Gasteiger partial charge in [-0.15, -0.1) is 0 Å². The second-order valence-electron chi connectivity index (χ2n) is 6.64. The van der Waals surface area contributed by atoms with Crippen molar-refractivity contribution in [2.45, 2.75) is 32.1 Å². The number of rotatable bonds is 4. The number of hydrogen-bond donors (Lipinski definition) is 1. The fourth-order valence-electron chi connectivity index (χ4n) is 3.18. The Hall–Kier alpha value is -2.33. The Morgan fingerprint density at radius 1 is 0.962 bits per heavy atom. The number of amides is 2. The van der Waals surface area contributed by atoms with Crippen molar-refractivity contribution < 1.29 is 9.59 Å². The van der Waals surface area contributed by atoms with E-state index in [9.17, 15) is 9.59 Å².